The van der Waals surface area contributed by atoms with Crippen LogP contribution in [0, 0.1) is 0 Å². The van der Waals surface area contributed by atoms with Gasteiger partial charge >= 0.3 is 0 Å². The van der Waals surface area contributed by atoms with Crippen LogP contribution in [-0.4, -0.2) is 23.3 Å². The fourth-order valence-electron chi connectivity index (χ4n) is 2.56. The van der Waals surface area contributed by atoms with E-state index in [-0.39, 0.29) is 11.8 Å². The molecule has 0 bridgehead atoms. The molecule has 3 rings (SSSR count). The van der Waals surface area contributed by atoms with Crippen LogP contribution in [0.25, 0.3) is 11.3 Å². The van der Waals surface area contributed by atoms with Crippen molar-refractivity contribution in [2.24, 2.45) is 0 Å². The summed E-state index contributed by atoms with van der Waals surface area (Å²) in [5.74, 6) is -0.336. The molecule has 0 aliphatic carbocycles. The number of amides is 2. The zero-order valence-corrected chi connectivity index (χ0v) is 14.6. The van der Waals surface area contributed by atoms with Gasteiger partial charge in [-0.15, -0.1) is 0 Å². The Hall–Kier alpha value is -3.34. The molecule has 0 radical (unpaired) electrons. The Morgan fingerprint density at radius 3 is 2.31 bits per heavy atom. The van der Waals surface area contributed by atoms with Gasteiger partial charge in [0.05, 0.1) is 0 Å². The maximum atomic E-state index is 12.4. The Morgan fingerprint density at radius 2 is 1.62 bits per heavy atom. The second kappa shape index (κ2) is 8.16. The molecule has 2 aromatic carbocycles. The molecule has 3 N–H and O–H groups in total. The minimum Gasteiger partial charge on any atom is -0.352 e. The third kappa shape index (κ3) is 4.19. The summed E-state index contributed by atoms with van der Waals surface area (Å²) in [6.07, 6.45) is 0.890. The molecule has 1 heterocycles. The first-order chi connectivity index (χ1) is 12.7. The monoisotopic (exact) mass is 347 g/mol. The van der Waals surface area contributed by atoms with Crippen LogP contribution in [0.3, 0.4) is 0 Å². The molecule has 3 aromatic rings. The molecule has 5 heteroatoms. The summed E-state index contributed by atoms with van der Waals surface area (Å²) in [5, 5.41) is 5.65. The Morgan fingerprint density at radius 1 is 0.885 bits per heavy atom. The number of hydrogen-bond donors (Lipinski definition) is 3. The molecule has 0 aliphatic rings. The van der Waals surface area contributed by atoms with Gasteiger partial charge in [0.25, 0.3) is 11.8 Å². The van der Waals surface area contributed by atoms with Crippen molar-refractivity contribution in [2.45, 2.75) is 13.3 Å². The standard InChI is InChI=1S/C21H21N3O2/c1-2-14-22-20(25)16-8-10-17(11-9-16)23-21(26)19-13-12-18(24-19)15-6-4-3-5-7-15/h3-13,24H,2,14H2,1H3,(H,22,25)(H,23,26). The number of aromatic nitrogens is 1. The van der Waals surface area contributed by atoms with Crippen molar-refractivity contribution in [3.05, 3.63) is 78.0 Å². The first-order valence-electron chi connectivity index (χ1n) is 8.61. The van der Waals surface area contributed by atoms with Gasteiger partial charge in [-0.25, -0.2) is 0 Å². The predicted octanol–water partition coefficient (Wildman–Crippen LogP) is 4.07. The van der Waals surface area contributed by atoms with Crippen LogP contribution in [0.1, 0.15) is 34.2 Å². The van der Waals surface area contributed by atoms with Gasteiger partial charge in [-0.3, -0.25) is 9.59 Å². The van der Waals surface area contributed by atoms with E-state index in [2.05, 4.69) is 15.6 Å². The molecule has 132 valence electrons. The highest BCUT2D eigenvalue weighted by atomic mass is 16.2. The van der Waals surface area contributed by atoms with Crippen LogP contribution in [-0.2, 0) is 0 Å². The Labute approximate surface area is 152 Å². The molecule has 26 heavy (non-hydrogen) atoms. The molecule has 0 saturated heterocycles. The second-order valence-corrected chi connectivity index (χ2v) is 5.94. The van der Waals surface area contributed by atoms with E-state index in [4.69, 9.17) is 0 Å². The lowest BCUT2D eigenvalue weighted by atomic mass is 10.2. The van der Waals surface area contributed by atoms with Gasteiger partial charge < -0.3 is 15.6 Å². The highest BCUT2D eigenvalue weighted by molar-refractivity contribution is 6.03. The van der Waals surface area contributed by atoms with Crippen LogP contribution < -0.4 is 10.6 Å². The number of nitrogens with one attached hydrogen (secondary N) is 3. The van der Waals surface area contributed by atoms with E-state index in [0.717, 1.165) is 17.7 Å². The summed E-state index contributed by atoms with van der Waals surface area (Å²) >= 11 is 0. The van der Waals surface area contributed by atoms with Gasteiger partial charge in [0.1, 0.15) is 5.69 Å². The smallest absolute Gasteiger partial charge is 0.272 e. The van der Waals surface area contributed by atoms with Crippen molar-refractivity contribution in [2.75, 3.05) is 11.9 Å². The van der Waals surface area contributed by atoms with Crippen LogP contribution in [0.2, 0.25) is 0 Å². The zero-order valence-electron chi connectivity index (χ0n) is 14.6. The minimum atomic E-state index is -0.227. The van der Waals surface area contributed by atoms with E-state index in [0.29, 0.717) is 23.5 Å². The van der Waals surface area contributed by atoms with Gasteiger partial charge in [0.15, 0.2) is 0 Å². The summed E-state index contributed by atoms with van der Waals surface area (Å²) in [6, 6.07) is 20.3. The minimum absolute atomic E-state index is 0.110. The van der Waals surface area contributed by atoms with Crippen molar-refractivity contribution in [1.82, 2.24) is 10.3 Å². The zero-order chi connectivity index (χ0) is 18.4. The van der Waals surface area contributed by atoms with Gasteiger partial charge in [-0.1, -0.05) is 37.3 Å². The van der Waals surface area contributed by atoms with Crippen molar-refractivity contribution in [3.63, 3.8) is 0 Å². The summed E-state index contributed by atoms with van der Waals surface area (Å²) in [7, 11) is 0. The van der Waals surface area contributed by atoms with E-state index in [9.17, 15) is 9.59 Å². The molecule has 0 aliphatic heterocycles. The van der Waals surface area contributed by atoms with Crippen LogP contribution in [0.15, 0.2) is 66.7 Å². The topological polar surface area (TPSA) is 74.0 Å². The SMILES string of the molecule is CCCNC(=O)c1ccc(NC(=O)c2ccc(-c3ccccc3)[nH]2)cc1. The number of carbonyl (C=O) groups excluding carboxylic acids is 2. The summed E-state index contributed by atoms with van der Waals surface area (Å²) < 4.78 is 0. The normalized spacial score (nSPS) is 10.3. The van der Waals surface area contributed by atoms with Crippen LogP contribution >= 0.6 is 0 Å². The molecule has 0 unspecified atom stereocenters. The molecular formula is C21H21N3O2. The van der Waals surface area contributed by atoms with Gasteiger partial charge in [0.2, 0.25) is 0 Å². The number of H-pyrrole nitrogens is 1. The van der Waals surface area contributed by atoms with Gasteiger partial charge in [0, 0.05) is 23.5 Å². The van der Waals surface area contributed by atoms with Crippen LogP contribution in [0.5, 0.6) is 0 Å². The first-order valence-corrected chi connectivity index (χ1v) is 8.61. The summed E-state index contributed by atoms with van der Waals surface area (Å²) in [6.45, 7) is 2.65. The number of aromatic amines is 1. The van der Waals surface area contributed by atoms with Crippen LogP contribution in [0.4, 0.5) is 5.69 Å². The van der Waals surface area contributed by atoms with E-state index < -0.39 is 0 Å². The Bertz CT molecular complexity index is 883. The lowest BCUT2D eigenvalue weighted by Gasteiger charge is -2.06. The number of benzene rings is 2. The number of carbonyl (C=O) groups is 2. The third-order valence-corrected chi connectivity index (χ3v) is 3.96. The molecule has 1 aromatic heterocycles. The Balaban J connectivity index is 1.65. The average molecular weight is 347 g/mol. The quantitative estimate of drug-likeness (QED) is 0.629. The first kappa shape index (κ1) is 17.5. The lowest BCUT2D eigenvalue weighted by Crippen LogP contribution is -2.23. The van der Waals surface area contributed by atoms with E-state index in [1.807, 2.05) is 43.3 Å². The molecule has 0 fully saturated rings. The number of anilines is 1. The fourth-order valence-corrected chi connectivity index (χ4v) is 2.56. The van der Waals surface area contributed by atoms with Gasteiger partial charge in [-0.05, 0) is 48.4 Å². The maximum Gasteiger partial charge on any atom is 0.272 e. The fraction of sp³-hybridized carbons (Fsp3) is 0.143. The average Bonchev–Trinajstić information content (AvgIpc) is 3.18. The molecule has 0 atom stereocenters. The van der Waals surface area contributed by atoms with E-state index in [1.165, 1.54) is 0 Å². The molecule has 2 amide bonds. The Kier molecular flexibility index (Phi) is 5.49. The van der Waals surface area contributed by atoms with Crippen molar-refractivity contribution >= 4 is 17.5 Å². The highest BCUT2D eigenvalue weighted by Gasteiger charge is 2.10. The third-order valence-electron chi connectivity index (χ3n) is 3.96. The number of hydrogen-bond acceptors (Lipinski definition) is 2. The maximum absolute atomic E-state index is 12.4. The highest BCUT2D eigenvalue weighted by Crippen LogP contribution is 2.19. The molecule has 5 nitrogen and oxygen atoms in total. The second-order valence-electron chi connectivity index (χ2n) is 5.94. The molecule has 0 saturated carbocycles. The van der Waals surface area contributed by atoms with E-state index in [1.54, 1.807) is 30.3 Å². The molecular weight excluding hydrogens is 326 g/mol. The molecule has 0 spiro atoms. The van der Waals surface area contributed by atoms with Crippen molar-refractivity contribution in [1.29, 1.82) is 0 Å². The summed E-state index contributed by atoms with van der Waals surface area (Å²) in [5.41, 5.74) is 3.60. The largest absolute Gasteiger partial charge is 0.352 e. The van der Waals surface area contributed by atoms with E-state index >= 15 is 0 Å². The summed E-state index contributed by atoms with van der Waals surface area (Å²) in [4.78, 5) is 27.4. The number of rotatable bonds is 6. The van der Waals surface area contributed by atoms with Crippen molar-refractivity contribution < 1.29 is 9.59 Å². The predicted molar refractivity (Wildman–Crippen MR) is 103 cm³/mol. The van der Waals surface area contributed by atoms with Crippen molar-refractivity contribution in [3.8, 4) is 11.3 Å². The lowest BCUT2D eigenvalue weighted by molar-refractivity contribution is 0.0953. The van der Waals surface area contributed by atoms with Gasteiger partial charge in [-0.2, -0.15) is 0 Å².